The Morgan fingerprint density at radius 3 is 2.96 bits per heavy atom. The van der Waals surface area contributed by atoms with Gasteiger partial charge in [-0.3, -0.25) is 0 Å². The van der Waals surface area contributed by atoms with Crippen LogP contribution in [0.3, 0.4) is 0 Å². The van der Waals surface area contributed by atoms with Crippen molar-refractivity contribution in [1.82, 2.24) is 19.6 Å². The van der Waals surface area contributed by atoms with E-state index >= 15 is 0 Å². The van der Waals surface area contributed by atoms with Gasteiger partial charge in [0, 0.05) is 43.7 Å². The highest BCUT2D eigenvalue weighted by Crippen LogP contribution is 2.23. The van der Waals surface area contributed by atoms with Crippen LogP contribution in [-0.4, -0.2) is 39.2 Å². The maximum atomic E-state index is 4.69. The van der Waals surface area contributed by atoms with Gasteiger partial charge in [-0.15, -0.1) is 0 Å². The Morgan fingerprint density at radius 2 is 2.15 bits per heavy atom. The smallest absolute Gasteiger partial charge is 0.157 e. The van der Waals surface area contributed by atoms with Gasteiger partial charge in [0.2, 0.25) is 0 Å². The molecule has 6 nitrogen and oxygen atoms in total. The first kappa shape index (κ1) is 16.8. The maximum Gasteiger partial charge on any atom is 0.157 e. The van der Waals surface area contributed by atoms with Gasteiger partial charge < -0.3 is 10.2 Å². The van der Waals surface area contributed by atoms with Crippen molar-refractivity contribution in [3.63, 3.8) is 0 Å². The average Bonchev–Trinajstić information content (AvgIpc) is 3.16. The summed E-state index contributed by atoms with van der Waals surface area (Å²) in [6.45, 7) is 7.40. The minimum absolute atomic E-state index is 0.393. The number of anilines is 2. The monoisotopic (exact) mass is 350 g/mol. The molecular formula is C20H26N6. The molecule has 1 N–H and O–H groups in total. The summed E-state index contributed by atoms with van der Waals surface area (Å²) in [5.41, 5.74) is 2.00. The molecule has 6 heteroatoms. The van der Waals surface area contributed by atoms with E-state index < -0.39 is 0 Å². The topological polar surface area (TPSA) is 58.4 Å². The van der Waals surface area contributed by atoms with E-state index in [1.165, 1.54) is 12.8 Å². The second-order valence-corrected chi connectivity index (χ2v) is 7.35. The zero-order chi connectivity index (χ0) is 17.9. The Bertz CT molecular complexity index is 857. The number of nitrogens with one attached hydrogen (secondary N) is 1. The van der Waals surface area contributed by atoms with Crippen molar-refractivity contribution in [1.29, 1.82) is 0 Å². The first-order chi connectivity index (χ1) is 12.7. The van der Waals surface area contributed by atoms with Crippen LogP contribution in [0.2, 0.25) is 0 Å². The van der Waals surface area contributed by atoms with Gasteiger partial charge >= 0.3 is 0 Å². The lowest BCUT2D eigenvalue weighted by atomic mass is 9.98. The third-order valence-corrected chi connectivity index (χ3v) is 5.03. The van der Waals surface area contributed by atoms with E-state index in [1.54, 1.807) is 6.20 Å². The molecule has 4 heterocycles. The van der Waals surface area contributed by atoms with Crippen LogP contribution in [0.25, 0.3) is 5.65 Å². The van der Waals surface area contributed by atoms with Crippen molar-refractivity contribution in [2.24, 2.45) is 5.92 Å². The number of hydrogen-bond donors (Lipinski definition) is 1. The van der Waals surface area contributed by atoms with E-state index in [9.17, 15) is 0 Å². The number of pyridine rings is 1. The molecule has 0 aliphatic carbocycles. The molecule has 1 aliphatic heterocycles. The summed E-state index contributed by atoms with van der Waals surface area (Å²) in [6, 6.07) is 10.2. The lowest BCUT2D eigenvalue weighted by Crippen LogP contribution is -2.38. The Balaban J connectivity index is 1.47. The third-order valence-electron chi connectivity index (χ3n) is 5.03. The summed E-state index contributed by atoms with van der Waals surface area (Å²) in [5, 5.41) is 8.04. The first-order valence-corrected chi connectivity index (χ1v) is 9.45. The van der Waals surface area contributed by atoms with E-state index in [1.807, 2.05) is 22.8 Å². The molecule has 1 saturated heterocycles. The summed E-state index contributed by atoms with van der Waals surface area (Å²) in [6.07, 6.45) is 6.12. The molecule has 4 rings (SSSR count). The highest BCUT2D eigenvalue weighted by molar-refractivity contribution is 5.49. The van der Waals surface area contributed by atoms with Crippen LogP contribution in [0, 0.1) is 5.92 Å². The standard InChI is InChI=1S/C20H26N6/c1-15(2)17-12-20(26-19(24-17)8-10-23-26)22-13-16-6-5-11-25(14-16)18-7-3-4-9-21-18/h3-4,7-10,12,15-16,22H,5-6,11,13-14H2,1-2H3/t16-/m0/s1. The van der Waals surface area contributed by atoms with Crippen molar-refractivity contribution in [2.45, 2.75) is 32.6 Å². The van der Waals surface area contributed by atoms with Gasteiger partial charge in [0.25, 0.3) is 0 Å². The van der Waals surface area contributed by atoms with E-state index in [0.717, 1.165) is 42.6 Å². The van der Waals surface area contributed by atoms with Crippen molar-refractivity contribution in [3.05, 3.63) is 48.4 Å². The Kier molecular flexibility index (Phi) is 4.73. The molecule has 1 fully saturated rings. The van der Waals surface area contributed by atoms with Gasteiger partial charge in [-0.1, -0.05) is 19.9 Å². The molecule has 0 radical (unpaired) electrons. The molecule has 0 spiro atoms. The number of nitrogens with zero attached hydrogens (tertiary/aromatic N) is 5. The third kappa shape index (κ3) is 3.49. The number of piperidine rings is 1. The lowest BCUT2D eigenvalue weighted by Gasteiger charge is -2.33. The van der Waals surface area contributed by atoms with Crippen LogP contribution in [0.1, 0.15) is 38.3 Å². The highest BCUT2D eigenvalue weighted by atomic mass is 15.3. The highest BCUT2D eigenvalue weighted by Gasteiger charge is 2.21. The molecule has 3 aromatic heterocycles. The molecule has 26 heavy (non-hydrogen) atoms. The van der Waals surface area contributed by atoms with Gasteiger partial charge in [-0.2, -0.15) is 9.61 Å². The molecule has 1 aliphatic rings. The number of rotatable bonds is 5. The van der Waals surface area contributed by atoms with Gasteiger partial charge in [0.15, 0.2) is 5.65 Å². The summed E-state index contributed by atoms with van der Waals surface area (Å²) >= 11 is 0. The second kappa shape index (κ2) is 7.32. The molecule has 0 aromatic carbocycles. The fourth-order valence-corrected chi connectivity index (χ4v) is 3.58. The zero-order valence-corrected chi connectivity index (χ0v) is 15.5. The molecule has 136 valence electrons. The number of fused-ring (bicyclic) bond motifs is 1. The number of aromatic nitrogens is 4. The van der Waals surface area contributed by atoms with Crippen LogP contribution in [-0.2, 0) is 0 Å². The summed E-state index contributed by atoms with van der Waals surface area (Å²) in [5.74, 6) is 3.09. The quantitative estimate of drug-likeness (QED) is 0.762. The van der Waals surface area contributed by atoms with Crippen molar-refractivity contribution in [2.75, 3.05) is 29.9 Å². The van der Waals surface area contributed by atoms with Crippen molar-refractivity contribution >= 4 is 17.3 Å². The normalized spacial score (nSPS) is 17.8. The van der Waals surface area contributed by atoms with E-state index in [0.29, 0.717) is 11.8 Å². The van der Waals surface area contributed by atoms with Crippen LogP contribution in [0.4, 0.5) is 11.6 Å². The Hall–Kier alpha value is -2.63. The molecule has 1 atom stereocenters. The summed E-state index contributed by atoms with van der Waals surface area (Å²) < 4.78 is 1.89. The van der Waals surface area contributed by atoms with Crippen LogP contribution >= 0.6 is 0 Å². The average molecular weight is 350 g/mol. The van der Waals surface area contributed by atoms with Crippen LogP contribution in [0.5, 0.6) is 0 Å². The molecule has 3 aromatic rings. The molecule has 0 amide bonds. The van der Waals surface area contributed by atoms with Crippen molar-refractivity contribution in [3.8, 4) is 0 Å². The van der Waals surface area contributed by atoms with E-state index in [-0.39, 0.29) is 0 Å². The summed E-state index contributed by atoms with van der Waals surface area (Å²) in [7, 11) is 0. The second-order valence-electron chi connectivity index (χ2n) is 7.35. The number of hydrogen-bond acceptors (Lipinski definition) is 5. The molecule has 0 saturated carbocycles. The lowest BCUT2D eigenvalue weighted by molar-refractivity contribution is 0.429. The SMILES string of the molecule is CC(C)c1cc(NC[C@@H]2CCCN(c3ccccn3)C2)n2nccc2n1. The fraction of sp³-hybridized carbons (Fsp3) is 0.450. The summed E-state index contributed by atoms with van der Waals surface area (Å²) in [4.78, 5) is 11.6. The van der Waals surface area contributed by atoms with E-state index in [2.05, 4.69) is 57.3 Å². The largest absolute Gasteiger partial charge is 0.370 e. The molecule has 0 unspecified atom stereocenters. The zero-order valence-electron chi connectivity index (χ0n) is 15.5. The predicted molar refractivity (Wildman–Crippen MR) is 105 cm³/mol. The van der Waals surface area contributed by atoms with Crippen molar-refractivity contribution < 1.29 is 0 Å². The molecular weight excluding hydrogens is 324 g/mol. The fourth-order valence-electron chi connectivity index (χ4n) is 3.58. The van der Waals surface area contributed by atoms with Gasteiger partial charge in [-0.05, 0) is 36.8 Å². The van der Waals surface area contributed by atoms with Gasteiger partial charge in [-0.25, -0.2) is 9.97 Å². The minimum atomic E-state index is 0.393. The first-order valence-electron chi connectivity index (χ1n) is 9.45. The Morgan fingerprint density at radius 1 is 1.23 bits per heavy atom. The van der Waals surface area contributed by atoms with Gasteiger partial charge in [0.1, 0.15) is 11.6 Å². The van der Waals surface area contributed by atoms with Crippen LogP contribution in [0.15, 0.2) is 42.7 Å². The minimum Gasteiger partial charge on any atom is -0.370 e. The molecule has 0 bridgehead atoms. The maximum absolute atomic E-state index is 4.69. The van der Waals surface area contributed by atoms with Crippen LogP contribution < -0.4 is 10.2 Å². The van der Waals surface area contributed by atoms with Gasteiger partial charge in [0.05, 0.1) is 6.20 Å². The van der Waals surface area contributed by atoms with E-state index in [4.69, 9.17) is 0 Å². The Labute approximate surface area is 154 Å². The predicted octanol–water partition coefficient (Wildman–Crippen LogP) is 3.58.